The molecule has 0 aliphatic carbocycles. The fraction of sp³-hybridized carbons (Fsp3) is 0.368. The fourth-order valence-corrected chi connectivity index (χ4v) is 4.33. The maximum Gasteiger partial charge on any atom is 0.271 e. The summed E-state index contributed by atoms with van der Waals surface area (Å²) >= 11 is 1.44. The summed E-state index contributed by atoms with van der Waals surface area (Å²) in [6.45, 7) is 2.18. The molecule has 1 amide bonds. The summed E-state index contributed by atoms with van der Waals surface area (Å²) in [6, 6.07) is 6.23. The smallest absolute Gasteiger partial charge is 0.271 e. The van der Waals surface area contributed by atoms with Crippen molar-refractivity contribution >= 4 is 22.2 Å². The highest BCUT2D eigenvalue weighted by Crippen LogP contribution is 2.26. The lowest BCUT2D eigenvalue weighted by molar-refractivity contribution is 0.0565. The van der Waals surface area contributed by atoms with Gasteiger partial charge >= 0.3 is 0 Å². The minimum Gasteiger partial charge on any atom is -0.384 e. The van der Waals surface area contributed by atoms with Gasteiger partial charge in [0.15, 0.2) is 4.96 Å². The molecule has 4 rings (SSSR count). The Morgan fingerprint density at radius 1 is 1.38 bits per heavy atom. The van der Waals surface area contributed by atoms with E-state index in [9.17, 15) is 9.18 Å². The Morgan fingerprint density at radius 3 is 2.96 bits per heavy atom. The topological polar surface area (TPSA) is 46.8 Å². The van der Waals surface area contributed by atoms with Crippen LogP contribution in [-0.2, 0) is 4.74 Å². The lowest BCUT2D eigenvalue weighted by Gasteiger charge is -2.32. The lowest BCUT2D eigenvalue weighted by Crippen LogP contribution is -2.41. The molecule has 1 atom stereocenters. The third-order valence-corrected chi connectivity index (χ3v) is 5.62. The van der Waals surface area contributed by atoms with Crippen LogP contribution >= 0.6 is 11.3 Å². The molecule has 7 heteroatoms. The maximum atomic E-state index is 13.1. The van der Waals surface area contributed by atoms with Gasteiger partial charge in [0, 0.05) is 37.3 Å². The molecule has 26 heavy (non-hydrogen) atoms. The van der Waals surface area contributed by atoms with Gasteiger partial charge in [-0.1, -0.05) is 0 Å². The van der Waals surface area contributed by atoms with Gasteiger partial charge in [-0.2, -0.15) is 0 Å². The Labute approximate surface area is 155 Å². The zero-order valence-electron chi connectivity index (χ0n) is 14.5. The number of nitrogens with zero attached hydrogens (tertiary/aromatic N) is 3. The first-order valence-electron chi connectivity index (χ1n) is 8.66. The summed E-state index contributed by atoms with van der Waals surface area (Å²) in [4.78, 5) is 20.3. The van der Waals surface area contributed by atoms with Crippen LogP contribution in [0, 0.1) is 11.7 Å². The quantitative estimate of drug-likeness (QED) is 0.701. The SMILES string of the molecule is COCC1CCCN(C(=O)c2csc3nc(-c4ccc(F)cc4)cn23)C1. The summed E-state index contributed by atoms with van der Waals surface area (Å²) in [7, 11) is 1.70. The zero-order valence-corrected chi connectivity index (χ0v) is 15.3. The van der Waals surface area contributed by atoms with E-state index >= 15 is 0 Å². The highest BCUT2D eigenvalue weighted by molar-refractivity contribution is 7.15. The molecule has 3 aromatic rings. The molecule has 1 aliphatic heterocycles. The normalized spacial score (nSPS) is 17.8. The number of hydrogen-bond acceptors (Lipinski definition) is 4. The number of amides is 1. The third kappa shape index (κ3) is 3.24. The first-order chi connectivity index (χ1) is 12.7. The van der Waals surface area contributed by atoms with Crippen LogP contribution in [0.5, 0.6) is 0 Å². The van der Waals surface area contributed by atoms with E-state index in [1.54, 1.807) is 19.2 Å². The van der Waals surface area contributed by atoms with Gasteiger partial charge in [-0.15, -0.1) is 11.3 Å². The van der Waals surface area contributed by atoms with E-state index in [0.717, 1.165) is 42.1 Å². The van der Waals surface area contributed by atoms with Crippen LogP contribution in [0.1, 0.15) is 23.3 Å². The molecule has 1 saturated heterocycles. The van der Waals surface area contributed by atoms with Crippen molar-refractivity contribution in [1.82, 2.24) is 14.3 Å². The number of aromatic nitrogens is 2. The van der Waals surface area contributed by atoms with Crippen molar-refractivity contribution < 1.29 is 13.9 Å². The maximum absolute atomic E-state index is 13.1. The van der Waals surface area contributed by atoms with E-state index in [1.807, 2.05) is 20.9 Å². The summed E-state index contributed by atoms with van der Waals surface area (Å²) in [6.07, 6.45) is 3.94. The molecule has 5 nitrogen and oxygen atoms in total. The molecule has 0 radical (unpaired) electrons. The molecule has 1 aromatic carbocycles. The zero-order chi connectivity index (χ0) is 18.1. The van der Waals surface area contributed by atoms with E-state index in [1.165, 1.54) is 23.5 Å². The van der Waals surface area contributed by atoms with E-state index < -0.39 is 0 Å². The Morgan fingerprint density at radius 2 is 2.19 bits per heavy atom. The van der Waals surface area contributed by atoms with Gasteiger partial charge in [0.2, 0.25) is 0 Å². The van der Waals surface area contributed by atoms with Crippen LogP contribution in [0.25, 0.3) is 16.2 Å². The summed E-state index contributed by atoms with van der Waals surface area (Å²) in [5, 5.41) is 1.86. The largest absolute Gasteiger partial charge is 0.384 e. The van der Waals surface area contributed by atoms with Crippen molar-refractivity contribution in [3.05, 3.63) is 47.4 Å². The number of carbonyl (C=O) groups excluding carboxylic acids is 1. The number of rotatable bonds is 4. The first-order valence-corrected chi connectivity index (χ1v) is 9.54. The molecule has 0 saturated carbocycles. The van der Waals surface area contributed by atoms with Crippen LogP contribution in [-0.4, -0.2) is 47.0 Å². The molecule has 1 unspecified atom stereocenters. The fourth-order valence-electron chi connectivity index (χ4n) is 3.48. The Kier molecular flexibility index (Phi) is 4.74. The number of thiazole rings is 1. The number of halogens is 1. The van der Waals surface area contributed by atoms with Crippen LogP contribution < -0.4 is 0 Å². The van der Waals surface area contributed by atoms with Gasteiger partial charge in [0.25, 0.3) is 5.91 Å². The number of hydrogen-bond donors (Lipinski definition) is 0. The first kappa shape index (κ1) is 17.2. The number of ether oxygens (including phenoxy) is 1. The van der Waals surface area contributed by atoms with Gasteiger partial charge in [-0.25, -0.2) is 9.37 Å². The second-order valence-electron chi connectivity index (χ2n) is 6.62. The molecule has 0 spiro atoms. The molecule has 136 valence electrons. The number of likely N-dealkylation sites (tertiary alicyclic amines) is 1. The van der Waals surface area contributed by atoms with Crippen LogP contribution in [0.4, 0.5) is 4.39 Å². The molecule has 1 aliphatic rings. The average molecular weight is 373 g/mol. The van der Waals surface area contributed by atoms with Crippen molar-refractivity contribution in [2.24, 2.45) is 5.92 Å². The van der Waals surface area contributed by atoms with Crippen molar-refractivity contribution in [1.29, 1.82) is 0 Å². The van der Waals surface area contributed by atoms with Crippen LogP contribution in [0.3, 0.4) is 0 Å². The second-order valence-corrected chi connectivity index (χ2v) is 7.46. The second kappa shape index (κ2) is 7.17. The Balaban J connectivity index is 1.60. The van der Waals surface area contributed by atoms with Crippen molar-refractivity contribution in [2.75, 3.05) is 26.8 Å². The number of carbonyl (C=O) groups is 1. The summed E-state index contributed by atoms with van der Waals surface area (Å²) in [5.41, 5.74) is 2.20. The molecule has 0 bridgehead atoms. The lowest BCUT2D eigenvalue weighted by atomic mass is 9.99. The van der Waals surface area contributed by atoms with Gasteiger partial charge in [-0.05, 0) is 43.0 Å². The highest BCUT2D eigenvalue weighted by Gasteiger charge is 2.26. The number of imidazole rings is 1. The van der Waals surface area contributed by atoms with Gasteiger partial charge in [0.05, 0.1) is 12.3 Å². The Hall–Kier alpha value is -2.25. The number of piperidine rings is 1. The van der Waals surface area contributed by atoms with Crippen molar-refractivity contribution in [2.45, 2.75) is 12.8 Å². The third-order valence-electron chi connectivity index (χ3n) is 4.78. The minimum atomic E-state index is -0.277. The van der Waals surface area contributed by atoms with Crippen molar-refractivity contribution in [3.63, 3.8) is 0 Å². The number of methoxy groups -OCH3 is 1. The summed E-state index contributed by atoms with van der Waals surface area (Å²) < 4.78 is 20.2. The molecular weight excluding hydrogens is 353 g/mol. The molecule has 3 heterocycles. The standard InChI is InChI=1S/C19H20FN3O2S/c1-25-11-13-3-2-8-22(9-13)18(24)17-12-26-19-21-16(10-23(17)19)14-4-6-15(20)7-5-14/h4-7,10,12-13H,2-3,8-9,11H2,1H3. The van der Waals surface area contributed by atoms with E-state index in [4.69, 9.17) is 4.74 Å². The summed E-state index contributed by atoms with van der Waals surface area (Å²) in [5.74, 6) is 0.144. The minimum absolute atomic E-state index is 0.0279. The highest BCUT2D eigenvalue weighted by atomic mass is 32.1. The van der Waals surface area contributed by atoms with Gasteiger partial charge in [0.1, 0.15) is 11.5 Å². The predicted molar refractivity (Wildman–Crippen MR) is 99.0 cm³/mol. The Bertz CT molecular complexity index is 917. The van der Waals surface area contributed by atoms with E-state index in [0.29, 0.717) is 18.2 Å². The van der Waals surface area contributed by atoms with Gasteiger partial charge < -0.3 is 9.64 Å². The van der Waals surface area contributed by atoms with Crippen LogP contribution in [0.15, 0.2) is 35.8 Å². The monoisotopic (exact) mass is 373 g/mol. The predicted octanol–water partition coefficient (Wildman–Crippen LogP) is 3.70. The molecule has 1 fully saturated rings. The molecular formula is C19H20FN3O2S. The van der Waals surface area contributed by atoms with E-state index in [2.05, 4.69) is 4.98 Å². The van der Waals surface area contributed by atoms with Crippen molar-refractivity contribution in [3.8, 4) is 11.3 Å². The van der Waals surface area contributed by atoms with Crippen LogP contribution in [0.2, 0.25) is 0 Å². The van der Waals surface area contributed by atoms with Gasteiger partial charge in [-0.3, -0.25) is 9.20 Å². The molecule has 0 N–H and O–H groups in total. The molecule has 2 aromatic heterocycles. The van der Waals surface area contributed by atoms with E-state index in [-0.39, 0.29) is 11.7 Å². The average Bonchev–Trinajstić information content (AvgIpc) is 3.23. The number of benzene rings is 1. The number of fused-ring (bicyclic) bond motifs is 1.